The number of aryl methyl sites for hydroxylation is 2. The first-order valence-corrected chi connectivity index (χ1v) is 23.0. The van der Waals surface area contributed by atoms with Crippen LogP contribution in [0.15, 0.2) is 58.6 Å². The summed E-state index contributed by atoms with van der Waals surface area (Å²) in [6.07, 6.45) is -3.82. The molecule has 3 saturated heterocycles. The normalized spacial score (nSPS) is 20.3. The molecular formula is C43H45F7N10O5S. The Morgan fingerprint density at radius 2 is 1.65 bits per heavy atom. The standard InChI is InChI=1S/C43H45F7N10O5S/c1-24-17-27(3-4-30(24)53-39-51-21-29(42(45,46)47)36(55-39)26-20-52-59(23-26)43(48,49)50)66(64,65)28-18-41(19-28)11-15-57(16-12-41)22-25-9-13-58(14-10-25)31-5-6-32-37(35(31)44)56(2)40(63)60(32)33-7-8-34(61)54-38(33)62/h3-6,17,20-21,23,25,28,33H,7-16,18-19,22H2,1-2H3,(H,51,53,55)(H,54,61,62). The fourth-order valence-corrected chi connectivity index (χ4v) is 12.2. The number of anilines is 3. The van der Waals surface area contributed by atoms with Crippen molar-refractivity contribution in [3.05, 3.63) is 76.4 Å². The Morgan fingerprint density at radius 3 is 2.29 bits per heavy atom. The molecule has 352 valence electrons. The minimum Gasteiger partial charge on any atom is -0.369 e. The third kappa shape index (κ3) is 8.32. The first kappa shape index (κ1) is 45.3. The lowest BCUT2D eigenvalue weighted by Crippen LogP contribution is -2.52. The lowest BCUT2D eigenvalue weighted by Gasteiger charge is -2.52. The second-order valence-corrected chi connectivity index (χ2v) is 20.2. The summed E-state index contributed by atoms with van der Waals surface area (Å²) in [6.45, 7) is 5.37. The highest BCUT2D eigenvalue weighted by Gasteiger charge is 2.51. The smallest absolute Gasteiger partial charge is 0.369 e. The molecule has 23 heteroatoms. The maximum Gasteiger partial charge on any atom is 0.504 e. The Morgan fingerprint density at radius 1 is 0.939 bits per heavy atom. The largest absolute Gasteiger partial charge is 0.504 e. The number of likely N-dealkylation sites (tertiary alicyclic amines) is 1. The summed E-state index contributed by atoms with van der Waals surface area (Å²) in [5.41, 5.74) is -1.83. The second kappa shape index (κ2) is 16.5. The van der Waals surface area contributed by atoms with Gasteiger partial charge in [0.1, 0.15) is 17.1 Å². The lowest BCUT2D eigenvalue weighted by atomic mass is 9.63. The van der Waals surface area contributed by atoms with Crippen molar-refractivity contribution in [3.63, 3.8) is 0 Å². The van der Waals surface area contributed by atoms with Crippen molar-refractivity contribution in [2.75, 3.05) is 42.9 Å². The van der Waals surface area contributed by atoms with Crippen molar-refractivity contribution < 1.29 is 48.7 Å². The number of alkyl halides is 6. The van der Waals surface area contributed by atoms with Gasteiger partial charge in [0.05, 0.1) is 33.2 Å². The van der Waals surface area contributed by atoms with E-state index in [1.807, 2.05) is 4.90 Å². The zero-order valence-corrected chi connectivity index (χ0v) is 36.5. The third-order valence-electron chi connectivity index (χ3n) is 13.8. The van der Waals surface area contributed by atoms with Crippen LogP contribution in [0.2, 0.25) is 0 Å². The minimum atomic E-state index is -4.98. The quantitative estimate of drug-likeness (QED) is 0.121. The number of aromatic nitrogens is 6. The number of rotatable bonds is 9. The van der Waals surface area contributed by atoms with Crippen molar-refractivity contribution in [3.8, 4) is 11.3 Å². The molecule has 66 heavy (non-hydrogen) atoms. The number of sulfone groups is 1. The van der Waals surface area contributed by atoms with Gasteiger partial charge in [0.2, 0.25) is 17.8 Å². The molecule has 0 bridgehead atoms. The van der Waals surface area contributed by atoms with Crippen molar-refractivity contribution >= 4 is 50.0 Å². The van der Waals surface area contributed by atoms with Crippen LogP contribution in [0.4, 0.5) is 48.1 Å². The third-order valence-corrected chi connectivity index (χ3v) is 15.9. The van der Waals surface area contributed by atoms with E-state index >= 15 is 4.39 Å². The number of hydrogen-bond donors (Lipinski definition) is 2. The fraction of sp³-hybridized carbons (Fsp3) is 0.488. The van der Waals surface area contributed by atoms with Crippen molar-refractivity contribution in [2.45, 2.75) is 87.0 Å². The number of hydrogen-bond acceptors (Lipinski definition) is 11. The average Bonchev–Trinajstić information content (AvgIpc) is 3.85. The summed E-state index contributed by atoms with van der Waals surface area (Å²) in [6, 6.07) is 6.71. The van der Waals surface area contributed by atoms with E-state index in [1.165, 1.54) is 34.4 Å². The molecule has 1 saturated carbocycles. The number of nitrogens with one attached hydrogen (secondary N) is 2. The van der Waals surface area contributed by atoms with Gasteiger partial charge in [0, 0.05) is 56.7 Å². The van der Waals surface area contributed by atoms with Crippen LogP contribution in [-0.2, 0) is 39.0 Å². The van der Waals surface area contributed by atoms with Crippen LogP contribution >= 0.6 is 0 Å². The summed E-state index contributed by atoms with van der Waals surface area (Å²) < 4.78 is 127. The lowest BCUT2D eigenvalue weighted by molar-refractivity contribution is -0.212. The highest BCUT2D eigenvalue weighted by atomic mass is 32.2. The molecule has 4 fully saturated rings. The number of carbonyl (C=O) groups is 2. The maximum absolute atomic E-state index is 16.2. The van der Waals surface area contributed by atoms with Gasteiger partial charge in [-0.15, -0.1) is 13.2 Å². The molecule has 2 aromatic carbocycles. The molecule has 1 unspecified atom stereocenters. The van der Waals surface area contributed by atoms with E-state index in [1.54, 1.807) is 19.1 Å². The van der Waals surface area contributed by atoms with Crippen molar-refractivity contribution in [1.29, 1.82) is 0 Å². The summed E-state index contributed by atoms with van der Waals surface area (Å²) >= 11 is 0. The average molecular weight is 947 g/mol. The highest BCUT2D eigenvalue weighted by molar-refractivity contribution is 7.92. The summed E-state index contributed by atoms with van der Waals surface area (Å²) in [5, 5.41) is 7.56. The van der Waals surface area contributed by atoms with Crippen molar-refractivity contribution in [2.24, 2.45) is 18.4 Å². The molecule has 4 aliphatic rings. The minimum absolute atomic E-state index is 0.0838. The Bertz CT molecular complexity index is 2910. The monoisotopic (exact) mass is 946 g/mol. The predicted octanol–water partition coefficient (Wildman–Crippen LogP) is 6.59. The topological polar surface area (TPSA) is 169 Å². The molecule has 0 radical (unpaired) electrons. The molecule has 9 rings (SSSR count). The number of piperidine rings is 3. The van der Waals surface area contributed by atoms with Crippen LogP contribution in [0.25, 0.3) is 22.3 Å². The number of halogens is 7. The van der Waals surface area contributed by atoms with Crippen LogP contribution in [0.5, 0.6) is 0 Å². The van der Waals surface area contributed by atoms with E-state index < -0.39 is 78.4 Å². The summed E-state index contributed by atoms with van der Waals surface area (Å²) in [5.74, 6) is -1.50. The number of nitrogens with zero attached hydrogens (tertiary/aromatic N) is 8. The summed E-state index contributed by atoms with van der Waals surface area (Å²) in [4.78, 5) is 49.6. The van der Waals surface area contributed by atoms with E-state index in [0.29, 0.717) is 67.2 Å². The van der Waals surface area contributed by atoms with Crippen LogP contribution in [0.3, 0.4) is 0 Å². The number of benzene rings is 2. The Balaban J connectivity index is 0.778. The molecule has 1 atom stereocenters. The van der Waals surface area contributed by atoms with Gasteiger partial charge in [-0.05, 0) is 112 Å². The van der Waals surface area contributed by atoms with Crippen LogP contribution < -0.4 is 21.2 Å². The number of carbonyl (C=O) groups excluding carboxylic acids is 2. The SMILES string of the molecule is Cc1cc(S(=O)(=O)C2CC3(CCN(CC4CCN(c5ccc6c(c5F)n(C)c(=O)n6C5CCC(=O)NC5=O)CC4)CC3)C2)ccc1Nc1ncc(C(F)(F)F)c(-c2cnn(C(F)(F)F)c2)n1. The fourth-order valence-electron chi connectivity index (χ4n) is 10.1. The van der Waals surface area contributed by atoms with Crippen LogP contribution in [-0.4, -0.2) is 92.0 Å². The van der Waals surface area contributed by atoms with E-state index in [4.69, 9.17) is 0 Å². The van der Waals surface area contributed by atoms with E-state index in [2.05, 4.69) is 30.6 Å². The van der Waals surface area contributed by atoms with Gasteiger partial charge < -0.3 is 15.1 Å². The predicted molar refractivity (Wildman–Crippen MR) is 226 cm³/mol. The highest BCUT2D eigenvalue weighted by Crippen LogP contribution is 2.53. The first-order chi connectivity index (χ1) is 31.1. The summed E-state index contributed by atoms with van der Waals surface area (Å²) in [7, 11) is -2.26. The number of amides is 2. The molecule has 15 nitrogen and oxygen atoms in total. The number of fused-ring (bicyclic) bond motifs is 1. The Kier molecular flexibility index (Phi) is 11.3. The maximum atomic E-state index is 16.2. The number of imide groups is 1. The molecule has 1 spiro atoms. The molecule has 5 aromatic rings. The van der Waals surface area contributed by atoms with Crippen molar-refractivity contribution in [1.82, 2.24) is 39.1 Å². The zero-order chi connectivity index (χ0) is 47.1. The van der Waals surface area contributed by atoms with E-state index in [0.717, 1.165) is 45.3 Å². The van der Waals surface area contributed by atoms with Gasteiger partial charge in [-0.2, -0.15) is 23.0 Å². The second-order valence-electron chi connectivity index (χ2n) is 17.9. The zero-order valence-electron chi connectivity index (χ0n) is 35.7. The molecular weight excluding hydrogens is 902 g/mol. The molecule has 2 N–H and O–H groups in total. The first-order valence-electron chi connectivity index (χ1n) is 21.5. The van der Waals surface area contributed by atoms with Gasteiger partial charge in [-0.3, -0.25) is 24.0 Å². The Hall–Kier alpha value is -5.84. The molecule has 3 aliphatic heterocycles. The Labute approximate surface area is 372 Å². The van der Waals surface area contributed by atoms with Gasteiger partial charge in [0.15, 0.2) is 15.7 Å². The van der Waals surface area contributed by atoms with Crippen LogP contribution in [0.1, 0.15) is 68.5 Å². The molecule has 1 aliphatic carbocycles. The van der Waals surface area contributed by atoms with Crippen LogP contribution in [0, 0.1) is 24.1 Å². The van der Waals surface area contributed by atoms with Gasteiger partial charge in [-0.1, -0.05) is 0 Å². The molecule has 6 heterocycles. The van der Waals surface area contributed by atoms with Gasteiger partial charge in [0.25, 0.3) is 0 Å². The molecule has 3 aromatic heterocycles. The van der Waals surface area contributed by atoms with Gasteiger partial charge in [-0.25, -0.2) is 27.6 Å². The molecule has 2 amide bonds. The van der Waals surface area contributed by atoms with E-state index in [-0.39, 0.29) is 40.3 Å². The van der Waals surface area contributed by atoms with Gasteiger partial charge >= 0.3 is 18.2 Å². The number of imidazole rings is 1. The van der Waals surface area contributed by atoms with E-state index in [9.17, 15) is 49.1 Å².